The van der Waals surface area contributed by atoms with E-state index in [9.17, 15) is 27.2 Å². The summed E-state index contributed by atoms with van der Waals surface area (Å²) in [4.78, 5) is 28.1. The van der Waals surface area contributed by atoms with Crippen molar-refractivity contribution in [3.8, 4) is 0 Å². The fraction of sp³-hybridized carbons (Fsp3) is 0.474. The van der Waals surface area contributed by atoms with E-state index >= 15 is 0 Å². The molecule has 0 saturated carbocycles. The first-order valence-corrected chi connectivity index (χ1v) is 9.53. The van der Waals surface area contributed by atoms with Crippen LogP contribution in [0.15, 0.2) is 24.3 Å². The third kappa shape index (κ3) is 3.54. The minimum absolute atomic E-state index is 0.00499. The number of aromatic nitrogens is 3. The molecule has 2 aliphatic heterocycles. The Hall–Kier alpha value is -3.02. The fourth-order valence-corrected chi connectivity index (χ4v) is 4.06. The Morgan fingerprint density at radius 1 is 1.19 bits per heavy atom. The second-order valence-electron chi connectivity index (χ2n) is 7.44. The summed E-state index contributed by atoms with van der Waals surface area (Å²) in [7, 11) is 1.45. The molecule has 0 radical (unpaired) electrons. The Bertz CT molecular complexity index is 1020. The number of morpholine rings is 1. The number of amides is 2. The average Bonchev–Trinajstić information content (AvgIpc) is 3.16. The maximum Gasteiger partial charge on any atom is 0.451 e. The summed E-state index contributed by atoms with van der Waals surface area (Å²) in [6.45, 7) is 0.969. The van der Waals surface area contributed by atoms with Crippen LogP contribution in [-0.2, 0) is 27.0 Å². The van der Waals surface area contributed by atoms with E-state index < -0.39 is 47.8 Å². The second-order valence-corrected chi connectivity index (χ2v) is 7.44. The lowest BCUT2D eigenvalue weighted by atomic mass is 9.96. The number of carbonyl (C=O) groups is 2. The van der Waals surface area contributed by atoms with Gasteiger partial charge in [-0.1, -0.05) is 18.2 Å². The Balaban J connectivity index is 1.66. The Morgan fingerprint density at radius 3 is 2.58 bits per heavy atom. The molecule has 3 atom stereocenters. The second kappa shape index (κ2) is 7.59. The summed E-state index contributed by atoms with van der Waals surface area (Å²) in [5, 5.41) is 6.87. The third-order valence-corrected chi connectivity index (χ3v) is 5.67. The van der Waals surface area contributed by atoms with Gasteiger partial charge in [0.05, 0.1) is 12.1 Å². The molecule has 31 heavy (non-hydrogen) atoms. The molecule has 1 aromatic carbocycles. The standard InChI is InChI=1S/C19H19F4N5O3/c1-10-16-24-25-18(19(21,22)23)28(16)8-7-27(10)17(30)15-14(26(2)13(29)9-31-15)11-5-3-4-6-12(11)20/h3-6,10,14-15H,7-9H2,1-2H3. The number of rotatable bonds is 2. The van der Waals surface area contributed by atoms with Crippen LogP contribution in [0, 0.1) is 5.82 Å². The summed E-state index contributed by atoms with van der Waals surface area (Å²) in [6.07, 6.45) is -5.89. The number of fused-ring (bicyclic) bond motifs is 1. The van der Waals surface area contributed by atoms with Crippen molar-refractivity contribution in [2.24, 2.45) is 0 Å². The van der Waals surface area contributed by atoms with Crippen molar-refractivity contribution in [1.29, 1.82) is 0 Å². The first kappa shape index (κ1) is 21.2. The molecule has 12 heteroatoms. The van der Waals surface area contributed by atoms with Crippen molar-refractivity contribution in [2.45, 2.75) is 37.8 Å². The number of halogens is 4. The van der Waals surface area contributed by atoms with Gasteiger partial charge in [-0.25, -0.2) is 4.39 Å². The van der Waals surface area contributed by atoms with Crippen molar-refractivity contribution in [1.82, 2.24) is 24.6 Å². The van der Waals surface area contributed by atoms with E-state index in [2.05, 4.69) is 10.2 Å². The van der Waals surface area contributed by atoms with Crippen molar-refractivity contribution in [2.75, 3.05) is 20.2 Å². The Kier molecular flexibility index (Phi) is 5.20. The average molecular weight is 441 g/mol. The highest BCUT2D eigenvalue weighted by atomic mass is 19.4. The van der Waals surface area contributed by atoms with Crippen LogP contribution in [0.4, 0.5) is 17.6 Å². The summed E-state index contributed by atoms with van der Waals surface area (Å²) in [5.74, 6) is -2.71. The van der Waals surface area contributed by atoms with Crippen LogP contribution in [0.5, 0.6) is 0 Å². The normalized spacial score (nSPS) is 24.3. The molecule has 3 heterocycles. The highest BCUT2D eigenvalue weighted by Crippen LogP contribution is 2.36. The van der Waals surface area contributed by atoms with Crippen molar-refractivity contribution in [3.63, 3.8) is 0 Å². The minimum atomic E-state index is -4.66. The molecule has 0 aliphatic carbocycles. The van der Waals surface area contributed by atoms with E-state index in [-0.39, 0.29) is 31.1 Å². The summed E-state index contributed by atoms with van der Waals surface area (Å²) in [5.41, 5.74) is 0.114. The molecule has 0 N–H and O–H groups in total. The van der Waals surface area contributed by atoms with Crippen molar-refractivity contribution >= 4 is 11.8 Å². The Morgan fingerprint density at radius 2 is 1.90 bits per heavy atom. The van der Waals surface area contributed by atoms with Crippen LogP contribution in [-0.4, -0.2) is 62.7 Å². The predicted octanol–water partition coefficient (Wildman–Crippen LogP) is 1.94. The molecular weight excluding hydrogens is 422 g/mol. The summed E-state index contributed by atoms with van der Waals surface area (Å²) < 4.78 is 60.4. The lowest BCUT2D eigenvalue weighted by Crippen LogP contribution is -2.55. The molecule has 0 spiro atoms. The predicted molar refractivity (Wildman–Crippen MR) is 96.8 cm³/mol. The van der Waals surface area contributed by atoms with Crippen molar-refractivity contribution in [3.05, 3.63) is 47.3 Å². The number of alkyl halides is 3. The number of likely N-dealkylation sites (N-methyl/N-ethyl adjacent to an activating group) is 1. The molecule has 2 aromatic rings. The maximum absolute atomic E-state index is 14.5. The third-order valence-electron chi connectivity index (χ3n) is 5.67. The molecule has 2 aliphatic rings. The zero-order valence-electron chi connectivity index (χ0n) is 16.6. The molecular formula is C19H19F4N5O3. The number of nitrogens with zero attached hydrogens (tertiary/aromatic N) is 5. The van der Waals surface area contributed by atoms with E-state index in [0.717, 1.165) is 4.57 Å². The molecule has 3 unspecified atom stereocenters. The number of hydrogen-bond donors (Lipinski definition) is 0. The zero-order chi connectivity index (χ0) is 22.5. The number of carbonyl (C=O) groups excluding carboxylic acids is 2. The van der Waals surface area contributed by atoms with Crippen molar-refractivity contribution < 1.29 is 31.9 Å². The quantitative estimate of drug-likeness (QED) is 0.666. The van der Waals surface area contributed by atoms with E-state index in [1.807, 2.05) is 0 Å². The van der Waals surface area contributed by atoms with Gasteiger partial charge in [0.1, 0.15) is 12.4 Å². The largest absolute Gasteiger partial charge is 0.451 e. The minimum Gasteiger partial charge on any atom is -0.356 e. The van der Waals surface area contributed by atoms with Gasteiger partial charge >= 0.3 is 6.18 Å². The zero-order valence-corrected chi connectivity index (χ0v) is 16.6. The lowest BCUT2D eigenvalue weighted by Gasteiger charge is -2.42. The fourth-order valence-electron chi connectivity index (χ4n) is 4.06. The van der Waals surface area contributed by atoms with Crippen LogP contribution < -0.4 is 0 Å². The summed E-state index contributed by atoms with van der Waals surface area (Å²) in [6, 6.07) is 3.90. The first-order chi connectivity index (χ1) is 14.6. The van der Waals surface area contributed by atoms with Crippen LogP contribution in [0.25, 0.3) is 0 Å². The van der Waals surface area contributed by atoms with Crippen LogP contribution in [0.1, 0.15) is 36.2 Å². The van der Waals surface area contributed by atoms with Gasteiger partial charge in [-0.3, -0.25) is 9.59 Å². The topological polar surface area (TPSA) is 80.6 Å². The monoisotopic (exact) mass is 441 g/mol. The van der Waals surface area contributed by atoms with Gasteiger partial charge in [0, 0.05) is 25.7 Å². The molecule has 1 aromatic heterocycles. The van der Waals surface area contributed by atoms with E-state index in [4.69, 9.17) is 4.74 Å². The van der Waals surface area contributed by atoms with Gasteiger partial charge in [0.15, 0.2) is 11.9 Å². The van der Waals surface area contributed by atoms with E-state index in [1.165, 1.54) is 42.0 Å². The van der Waals surface area contributed by atoms with Crippen LogP contribution in [0.2, 0.25) is 0 Å². The van der Waals surface area contributed by atoms with Gasteiger partial charge in [0.25, 0.3) is 5.91 Å². The molecule has 166 valence electrons. The summed E-state index contributed by atoms with van der Waals surface area (Å²) >= 11 is 0. The number of benzene rings is 1. The first-order valence-electron chi connectivity index (χ1n) is 9.53. The van der Waals surface area contributed by atoms with Gasteiger partial charge in [-0.2, -0.15) is 13.2 Å². The maximum atomic E-state index is 14.5. The molecule has 4 rings (SSSR count). The SMILES string of the molecule is CC1c2nnc(C(F)(F)F)n2CCN1C(=O)C1OCC(=O)N(C)C1c1ccccc1F. The molecule has 2 amide bonds. The highest BCUT2D eigenvalue weighted by molar-refractivity contribution is 5.86. The van der Waals surface area contributed by atoms with Gasteiger partial charge in [-0.15, -0.1) is 10.2 Å². The molecule has 8 nitrogen and oxygen atoms in total. The van der Waals surface area contributed by atoms with Gasteiger partial charge in [0.2, 0.25) is 11.7 Å². The molecule has 0 bridgehead atoms. The number of hydrogen-bond acceptors (Lipinski definition) is 5. The van der Waals surface area contributed by atoms with Gasteiger partial charge < -0.3 is 19.1 Å². The highest BCUT2D eigenvalue weighted by Gasteiger charge is 2.46. The van der Waals surface area contributed by atoms with Gasteiger partial charge in [-0.05, 0) is 13.0 Å². The van der Waals surface area contributed by atoms with E-state index in [0.29, 0.717) is 0 Å². The molecule has 1 saturated heterocycles. The Labute approximate surface area is 174 Å². The van der Waals surface area contributed by atoms with E-state index in [1.54, 1.807) is 6.07 Å². The van der Waals surface area contributed by atoms with Crippen LogP contribution in [0.3, 0.4) is 0 Å². The van der Waals surface area contributed by atoms with Crippen LogP contribution >= 0.6 is 0 Å². The smallest absolute Gasteiger partial charge is 0.356 e. The molecule has 1 fully saturated rings. The number of ether oxygens (including phenoxy) is 1. The lowest BCUT2D eigenvalue weighted by molar-refractivity contribution is -0.169.